The van der Waals surface area contributed by atoms with Crippen molar-refractivity contribution in [3.8, 4) is 0 Å². The van der Waals surface area contributed by atoms with Crippen LogP contribution in [0, 0.1) is 0 Å². The zero-order valence-corrected chi connectivity index (χ0v) is 13.7. The van der Waals surface area contributed by atoms with E-state index in [1.54, 1.807) is 28.8 Å². The summed E-state index contributed by atoms with van der Waals surface area (Å²) < 4.78 is 40.2. The molecule has 0 aliphatic carbocycles. The molecule has 138 valence electrons. The fourth-order valence-corrected chi connectivity index (χ4v) is 3.10. The number of para-hydroxylation sites is 2. The average Bonchev–Trinajstić information content (AvgIpc) is 2.98. The number of halogens is 3. The van der Waals surface area contributed by atoms with E-state index in [4.69, 9.17) is 0 Å². The highest BCUT2D eigenvalue weighted by atomic mass is 19.4. The predicted octanol–water partition coefficient (Wildman–Crippen LogP) is 3.58. The van der Waals surface area contributed by atoms with Crippen LogP contribution >= 0.6 is 0 Å². The van der Waals surface area contributed by atoms with Gasteiger partial charge in [0.25, 0.3) is 0 Å². The van der Waals surface area contributed by atoms with Crippen LogP contribution in [0.2, 0.25) is 0 Å². The summed E-state index contributed by atoms with van der Waals surface area (Å²) in [6, 6.07) is 10.5. The van der Waals surface area contributed by atoms with Crippen molar-refractivity contribution in [2.24, 2.45) is 0 Å². The topological polar surface area (TPSA) is 76.0 Å². The van der Waals surface area contributed by atoms with Crippen molar-refractivity contribution in [1.29, 1.82) is 0 Å². The maximum atomic E-state index is 12.9. The molecule has 3 aromatic rings. The van der Waals surface area contributed by atoms with E-state index in [1.165, 1.54) is 12.1 Å². The third-order valence-corrected chi connectivity index (χ3v) is 4.30. The van der Waals surface area contributed by atoms with Crippen LogP contribution in [-0.4, -0.2) is 21.4 Å². The van der Waals surface area contributed by atoms with Gasteiger partial charge < -0.3 is 5.32 Å². The van der Waals surface area contributed by atoms with Gasteiger partial charge in [-0.2, -0.15) is 13.2 Å². The largest absolute Gasteiger partial charge is 0.416 e. The Balaban J connectivity index is 1.68. The third-order valence-electron chi connectivity index (χ3n) is 4.30. The van der Waals surface area contributed by atoms with Crippen LogP contribution < -0.4 is 10.6 Å². The van der Waals surface area contributed by atoms with Crippen LogP contribution in [0.5, 0.6) is 0 Å². The smallest absolute Gasteiger partial charge is 0.324 e. The summed E-state index contributed by atoms with van der Waals surface area (Å²) in [5.41, 5.74) is 0.394. The molecule has 1 aromatic heterocycles. The van der Waals surface area contributed by atoms with Gasteiger partial charge in [-0.15, -0.1) is 0 Å². The molecule has 0 radical (unpaired) electrons. The molecule has 1 aliphatic heterocycles. The molecule has 2 aromatic carbocycles. The molecule has 6 nitrogen and oxygen atoms in total. The first-order valence-corrected chi connectivity index (χ1v) is 8.08. The lowest BCUT2D eigenvalue weighted by Crippen LogP contribution is -2.35. The number of nitrogens with one attached hydrogen (secondary N) is 2. The molecule has 2 N–H and O–H groups in total. The number of fused-ring (bicyclic) bond motifs is 3. The number of hydrogen-bond donors (Lipinski definition) is 2. The standard InChI is InChI=1S/C18H13F3N4O2/c19-18(20,21)10-4-3-5-11(8-10)22-16(27)14-9-15(26)24-17-23-12-6-1-2-7-13(12)25(14)17/h1-8,14H,9H2,(H,22,27)(H,23,24,26)/t14-/m1/s1. The molecule has 1 atom stereocenters. The summed E-state index contributed by atoms with van der Waals surface area (Å²) in [7, 11) is 0. The second kappa shape index (κ2) is 6.11. The quantitative estimate of drug-likeness (QED) is 0.720. The van der Waals surface area contributed by atoms with Gasteiger partial charge in [-0.05, 0) is 30.3 Å². The molecular weight excluding hydrogens is 361 g/mol. The number of nitrogens with zero attached hydrogens (tertiary/aromatic N) is 2. The molecule has 0 fully saturated rings. The Hall–Kier alpha value is -3.36. The molecule has 2 amide bonds. The van der Waals surface area contributed by atoms with Gasteiger partial charge in [-0.3, -0.25) is 19.5 Å². The van der Waals surface area contributed by atoms with Gasteiger partial charge in [0.2, 0.25) is 17.8 Å². The molecule has 0 saturated carbocycles. The number of rotatable bonds is 2. The van der Waals surface area contributed by atoms with Gasteiger partial charge in [0.1, 0.15) is 6.04 Å². The van der Waals surface area contributed by atoms with Crippen molar-refractivity contribution in [3.63, 3.8) is 0 Å². The number of aromatic nitrogens is 2. The van der Waals surface area contributed by atoms with Crippen molar-refractivity contribution in [3.05, 3.63) is 54.1 Å². The number of amides is 2. The highest BCUT2D eigenvalue weighted by Gasteiger charge is 2.34. The Kier molecular flexibility index (Phi) is 3.87. The lowest BCUT2D eigenvalue weighted by Gasteiger charge is -2.25. The van der Waals surface area contributed by atoms with E-state index in [1.807, 2.05) is 0 Å². The van der Waals surface area contributed by atoms with E-state index in [9.17, 15) is 22.8 Å². The summed E-state index contributed by atoms with van der Waals surface area (Å²) in [5, 5.41) is 5.08. The SMILES string of the molecule is O=C1C[C@H](C(=O)Nc2cccc(C(F)(F)F)c2)n2c(nc3ccccc32)N1. The Morgan fingerprint density at radius 2 is 1.96 bits per heavy atom. The normalized spacial score (nSPS) is 16.7. The van der Waals surface area contributed by atoms with Gasteiger partial charge in [-0.1, -0.05) is 18.2 Å². The molecule has 0 saturated heterocycles. The van der Waals surface area contributed by atoms with Crippen molar-refractivity contribution >= 4 is 34.5 Å². The molecule has 1 aliphatic rings. The maximum Gasteiger partial charge on any atom is 0.416 e. The number of benzene rings is 2. The van der Waals surface area contributed by atoms with E-state index in [-0.39, 0.29) is 24.0 Å². The number of imidazole rings is 1. The minimum atomic E-state index is -4.51. The summed E-state index contributed by atoms with van der Waals surface area (Å²) >= 11 is 0. The monoisotopic (exact) mass is 374 g/mol. The zero-order chi connectivity index (χ0) is 19.2. The third kappa shape index (κ3) is 3.12. The lowest BCUT2D eigenvalue weighted by molar-refractivity contribution is -0.137. The summed E-state index contributed by atoms with van der Waals surface area (Å²) in [6.45, 7) is 0. The van der Waals surface area contributed by atoms with Crippen LogP contribution in [0.25, 0.3) is 11.0 Å². The minimum absolute atomic E-state index is 0.00628. The van der Waals surface area contributed by atoms with Crippen molar-refractivity contribution in [2.75, 3.05) is 10.6 Å². The highest BCUT2D eigenvalue weighted by molar-refractivity contribution is 6.03. The van der Waals surface area contributed by atoms with Gasteiger partial charge in [0.15, 0.2) is 0 Å². The molecule has 0 unspecified atom stereocenters. The van der Waals surface area contributed by atoms with E-state index < -0.39 is 23.7 Å². The predicted molar refractivity (Wildman–Crippen MR) is 92.1 cm³/mol. The van der Waals surface area contributed by atoms with Crippen LogP contribution in [-0.2, 0) is 15.8 Å². The Bertz CT molecular complexity index is 1060. The average molecular weight is 374 g/mol. The first kappa shape index (κ1) is 17.1. The molecule has 0 bridgehead atoms. The van der Waals surface area contributed by atoms with Crippen molar-refractivity contribution in [2.45, 2.75) is 18.6 Å². The van der Waals surface area contributed by atoms with Crippen LogP contribution in [0.15, 0.2) is 48.5 Å². The van der Waals surface area contributed by atoms with Crippen molar-refractivity contribution < 1.29 is 22.8 Å². The van der Waals surface area contributed by atoms with Crippen LogP contribution in [0.1, 0.15) is 18.0 Å². The van der Waals surface area contributed by atoms with Gasteiger partial charge in [0.05, 0.1) is 23.0 Å². The minimum Gasteiger partial charge on any atom is -0.324 e. The summed E-state index contributed by atoms with van der Waals surface area (Å²) in [6.07, 6.45) is -4.66. The lowest BCUT2D eigenvalue weighted by atomic mass is 10.1. The first-order valence-electron chi connectivity index (χ1n) is 8.08. The van der Waals surface area contributed by atoms with E-state index >= 15 is 0 Å². The number of carbonyl (C=O) groups is 2. The first-order chi connectivity index (χ1) is 12.8. The van der Waals surface area contributed by atoms with E-state index in [0.29, 0.717) is 11.0 Å². The Morgan fingerprint density at radius 1 is 1.19 bits per heavy atom. The van der Waals surface area contributed by atoms with Crippen LogP contribution in [0.3, 0.4) is 0 Å². The van der Waals surface area contributed by atoms with Crippen molar-refractivity contribution in [1.82, 2.24) is 9.55 Å². The maximum absolute atomic E-state index is 12.9. The van der Waals surface area contributed by atoms with E-state index in [2.05, 4.69) is 15.6 Å². The Labute approximate surface area is 151 Å². The van der Waals surface area contributed by atoms with E-state index in [0.717, 1.165) is 12.1 Å². The molecule has 27 heavy (non-hydrogen) atoms. The zero-order valence-electron chi connectivity index (χ0n) is 13.7. The van der Waals surface area contributed by atoms with Crippen LogP contribution in [0.4, 0.5) is 24.8 Å². The fraction of sp³-hybridized carbons (Fsp3) is 0.167. The number of hydrogen-bond acceptors (Lipinski definition) is 3. The molecule has 0 spiro atoms. The molecule has 2 heterocycles. The second-order valence-corrected chi connectivity index (χ2v) is 6.13. The van der Waals surface area contributed by atoms with Gasteiger partial charge >= 0.3 is 6.18 Å². The summed E-state index contributed by atoms with van der Waals surface area (Å²) in [4.78, 5) is 29.0. The summed E-state index contributed by atoms with van der Waals surface area (Å²) in [5.74, 6) is -0.743. The van der Waals surface area contributed by atoms with Gasteiger partial charge in [0, 0.05) is 5.69 Å². The number of carbonyl (C=O) groups excluding carboxylic acids is 2. The number of anilines is 2. The highest BCUT2D eigenvalue weighted by Crippen LogP contribution is 2.33. The number of alkyl halides is 3. The molecular formula is C18H13F3N4O2. The molecule has 9 heteroatoms. The fourth-order valence-electron chi connectivity index (χ4n) is 3.10. The van der Waals surface area contributed by atoms with Gasteiger partial charge in [-0.25, -0.2) is 4.98 Å². The molecule has 4 rings (SSSR count). The second-order valence-electron chi connectivity index (χ2n) is 6.13. The Morgan fingerprint density at radius 3 is 2.74 bits per heavy atom.